The molecule has 49 heavy (non-hydrogen) atoms. The third-order valence-corrected chi connectivity index (χ3v) is 9.39. The molecule has 0 radical (unpaired) electrons. The number of aromatic nitrogens is 4. The molecule has 0 atom stereocenters. The van der Waals surface area contributed by atoms with Crippen molar-refractivity contribution < 1.29 is 25.2 Å². The van der Waals surface area contributed by atoms with Gasteiger partial charge in [0, 0.05) is 34.5 Å². The maximum atomic E-state index is 6.65. The summed E-state index contributed by atoms with van der Waals surface area (Å²) >= 11 is 0. The van der Waals surface area contributed by atoms with Gasteiger partial charge in [-0.25, -0.2) is 4.98 Å². The number of para-hydroxylation sites is 1. The Kier molecular flexibility index (Phi) is 9.18. The van der Waals surface area contributed by atoms with Gasteiger partial charge in [0.25, 0.3) is 0 Å². The molecule has 0 bridgehead atoms. The van der Waals surface area contributed by atoms with Crippen molar-refractivity contribution in [2.24, 2.45) is 0 Å². The van der Waals surface area contributed by atoms with E-state index >= 15 is 0 Å². The van der Waals surface area contributed by atoms with Crippen LogP contribution >= 0.6 is 0 Å². The summed E-state index contributed by atoms with van der Waals surface area (Å²) in [5.74, 6) is 2.50. The molecule has 0 saturated carbocycles. The van der Waals surface area contributed by atoms with Crippen LogP contribution in [0.2, 0.25) is 0 Å². The Morgan fingerprint density at radius 1 is 0.755 bits per heavy atom. The summed E-state index contributed by atoms with van der Waals surface area (Å²) in [4.78, 5) is 4.80. The number of hydrogen-bond acceptors (Lipinski definition) is 3. The maximum absolute atomic E-state index is 6.65. The molecule has 4 aromatic carbocycles. The molecule has 0 fully saturated rings. The molecule has 0 amide bonds. The zero-order valence-electron chi connectivity index (χ0n) is 29.7. The molecule has 7 rings (SSSR count). The Balaban J connectivity index is 0.00000417. The van der Waals surface area contributed by atoms with Crippen LogP contribution in [0.4, 0.5) is 0 Å². The van der Waals surface area contributed by atoms with Gasteiger partial charge in [0.05, 0.1) is 5.69 Å². The van der Waals surface area contributed by atoms with Gasteiger partial charge in [-0.15, -0.1) is 41.3 Å². The number of fused-ring (bicyclic) bond motifs is 3. The van der Waals surface area contributed by atoms with Crippen LogP contribution in [0.3, 0.4) is 0 Å². The number of pyridine rings is 1. The molecule has 7 aromatic rings. The monoisotopic (exact) mass is 736 g/mol. The normalized spacial score (nSPS) is 11.8. The van der Waals surface area contributed by atoms with E-state index in [1.165, 1.54) is 27.8 Å². The van der Waals surface area contributed by atoms with E-state index in [2.05, 4.69) is 152 Å². The maximum Gasteiger partial charge on any atom is 2.00 e. The second-order valence-electron chi connectivity index (χ2n) is 14.2. The topological polar surface area (TPSA) is 44.9 Å². The molecule has 0 N–H and O–H groups in total. The van der Waals surface area contributed by atoms with E-state index in [0.29, 0.717) is 17.4 Å². The van der Waals surface area contributed by atoms with Crippen LogP contribution in [0.1, 0.15) is 74.2 Å². The predicted molar refractivity (Wildman–Crippen MR) is 197 cm³/mol. The van der Waals surface area contributed by atoms with E-state index in [9.17, 15) is 0 Å². The van der Waals surface area contributed by atoms with Crippen LogP contribution in [0.15, 0.2) is 85.1 Å². The zero-order valence-corrected chi connectivity index (χ0v) is 31.2. The average molecular weight is 737 g/mol. The minimum atomic E-state index is -0.124. The van der Waals surface area contributed by atoms with Crippen LogP contribution < -0.4 is 4.74 Å². The van der Waals surface area contributed by atoms with Crippen molar-refractivity contribution in [2.75, 3.05) is 0 Å². The molecule has 250 valence electrons. The van der Waals surface area contributed by atoms with Gasteiger partial charge in [-0.1, -0.05) is 76.5 Å². The summed E-state index contributed by atoms with van der Waals surface area (Å²) in [6.07, 6.45) is 1.89. The third kappa shape index (κ3) is 6.25. The van der Waals surface area contributed by atoms with Crippen molar-refractivity contribution in [3.8, 4) is 34.1 Å². The molecule has 5 nitrogen and oxygen atoms in total. The van der Waals surface area contributed by atoms with Gasteiger partial charge in [-0.05, 0) is 90.6 Å². The first-order chi connectivity index (χ1) is 22.9. The smallest absolute Gasteiger partial charge is 0.509 e. The predicted octanol–water partition coefficient (Wildman–Crippen LogP) is 11.1. The summed E-state index contributed by atoms with van der Waals surface area (Å²) < 4.78 is 10.8. The van der Waals surface area contributed by atoms with E-state index in [1.54, 1.807) is 0 Å². The molecule has 3 aromatic heterocycles. The van der Waals surface area contributed by atoms with Crippen LogP contribution in [-0.4, -0.2) is 19.3 Å². The van der Waals surface area contributed by atoms with Crippen LogP contribution in [0, 0.1) is 39.8 Å². The van der Waals surface area contributed by atoms with Crippen LogP contribution in [0.25, 0.3) is 44.4 Å². The Hall–Kier alpha value is -4.50. The van der Waals surface area contributed by atoms with Gasteiger partial charge in [0.2, 0.25) is 0 Å². The van der Waals surface area contributed by atoms with Crippen molar-refractivity contribution in [1.82, 2.24) is 19.3 Å². The first kappa shape index (κ1) is 34.4. The molecule has 0 spiro atoms. The number of aryl methyl sites for hydroxylation is 3. The number of benzene rings is 4. The number of hydrogen-bond donors (Lipinski definition) is 0. The van der Waals surface area contributed by atoms with Crippen molar-refractivity contribution >= 4 is 21.8 Å². The first-order valence-corrected chi connectivity index (χ1v) is 16.7. The SMILES string of the molecule is Cc1cccc(C)c1-c1c(C)nn(-c2[c-]c(Oc3[c-]c4c(cc3)c3ccccc3n4-c3cc(C(C)C)ccn3)cc(C(C)(C)C)c2)c1C.[Pd+2]. The number of ether oxygens (including phenoxy) is 1. The standard InChI is InChI=1S/C43H42N4O.Pd/c1-26(2)31-19-20-44-40(21-31)46-38-16-11-10-15-36(38)37-18-17-34(25-39(37)46)48-35-23-32(43(7,8)9)22-33(24-35)47-30(6)42(29(5)45-47)41-27(3)13-12-14-28(41)4;/h10-23,26H,1-9H3;/q-2;+2. The van der Waals surface area contributed by atoms with E-state index < -0.39 is 0 Å². The van der Waals surface area contributed by atoms with E-state index in [0.717, 1.165) is 50.3 Å². The summed E-state index contributed by atoms with van der Waals surface area (Å²) in [6, 6.07) is 34.7. The summed E-state index contributed by atoms with van der Waals surface area (Å²) in [6.45, 7) is 19.6. The van der Waals surface area contributed by atoms with Gasteiger partial charge in [-0.3, -0.25) is 4.68 Å². The van der Waals surface area contributed by atoms with Gasteiger partial charge in [0.15, 0.2) is 0 Å². The Morgan fingerprint density at radius 3 is 2.20 bits per heavy atom. The fraction of sp³-hybridized carbons (Fsp3) is 0.256. The molecular weight excluding hydrogens is 695 g/mol. The molecule has 0 saturated heterocycles. The largest absolute Gasteiger partial charge is 2.00 e. The molecule has 0 aliphatic carbocycles. The number of rotatable bonds is 6. The average Bonchev–Trinajstić information content (AvgIpc) is 3.53. The van der Waals surface area contributed by atoms with Gasteiger partial charge in [-0.2, -0.15) is 11.2 Å². The molecular formula is C43H42N4OPd. The molecule has 3 heterocycles. The van der Waals surface area contributed by atoms with Crippen molar-refractivity contribution in [2.45, 2.75) is 73.6 Å². The van der Waals surface area contributed by atoms with Crippen molar-refractivity contribution in [1.29, 1.82) is 0 Å². The van der Waals surface area contributed by atoms with Crippen LogP contribution in [0.5, 0.6) is 11.5 Å². The Morgan fingerprint density at radius 2 is 1.49 bits per heavy atom. The Labute approximate surface area is 303 Å². The second kappa shape index (κ2) is 13.1. The summed E-state index contributed by atoms with van der Waals surface area (Å²) in [5, 5.41) is 7.31. The first-order valence-electron chi connectivity index (χ1n) is 16.7. The minimum Gasteiger partial charge on any atom is -0.509 e. The summed E-state index contributed by atoms with van der Waals surface area (Å²) in [7, 11) is 0. The quantitative estimate of drug-likeness (QED) is 0.126. The van der Waals surface area contributed by atoms with Gasteiger partial charge in [0.1, 0.15) is 5.82 Å². The van der Waals surface area contributed by atoms with Gasteiger partial charge >= 0.3 is 20.4 Å². The molecule has 0 aliphatic rings. The fourth-order valence-corrected chi connectivity index (χ4v) is 6.78. The molecule has 0 aliphatic heterocycles. The Bertz CT molecular complexity index is 2320. The van der Waals surface area contributed by atoms with Crippen molar-refractivity contribution in [3.63, 3.8) is 0 Å². The van der Waals surface area contributed by atoms with E-state index in [-0.39, 0.29) is 25.8 Å². The van der Waals surface area contributed by atoms with Gasteiger partial charge < -0.3 is 9.30 Å². The molecule has 0 unspecified atom stereocenters. The van der Waals surface area contributed by atoms with Crippen molar-refractivity contribution in [3.05, 3.63) is 131 Å². The third-order valence-electron chi connectivity index (χ3n) is 9.39. The van der Waals surface area contributed by atoms with E-state index in [1.807, 2.05) is 16.9 Å². The number of nitrogens with zero attached hydrogens (tertiary/aromatic N) is 4. The summed E-state index contributed by atoms with van der Waals surface area (Å²) in [5.41, 5.74) is 12.1. The van der Waals surface area contributed by atoms with E-state index in [4.69, 9.17) is 14.8 Å². The second-order valence-corrected chi connectivity index (χ2v) is 14.2. The molecule has 6 heteroatoms. The minimum absolute atomic E-state index is 0. The van der Waals surface area contributed by atoms with Crippen LogP contribution in [-0.2, 0) is 25.8 Å². The zero-order chi connectivity index (χ0) is 33.9. The fourth-order valence-electron chi connectivity index (χ4n) is 6.78.